The van der Waals surface area contributed by atoms with Crippen molar-refractivity contribution >= 4 is 23.5 Å². The van der Waals surface area contributed by atoms with Gasteiger partial charge in [-0.05, 0) is 49.8 Å². The molecular weight excluding hydrogens is 290 g/mol. The molecule has 114 valence electrons. The molecule has 0 aromatic heterocycles. The SMILES string of the molecule is Cc1ccc(Cl)cc1C(=O)N1CCCC(CCC(=O)O)C1. The molecule has 4 nitrogen and oxygen atoms in total. The zero-order valence-corrected chi connectivity index (χ0v) is 12.9. The zero-order valence-electron chi connectivity index (χ0n) is 12.1. The normalized spacial score (nSPS) is 18.6. The number of carbonyl (C=O) groups excluding carboxylic acids is 1. The van der Waals surface area contributed by atoms with Gasteiger partial charge in [0.2, 0.25) is 0 Å². The summed E-state index contributed by atoms with van der Waals surface area (Å²) in [5.41, 5.74) is 1.55. The third-order valence-electron chi connectivity index (χ3n) is 4.00. The van der Waals surface area contributed by atoms with Gasteiger partial charge in [0.05, 0.1) is 0 Å². The first-order valence-electron chi connectivity index (χ1n) is 7.24. The number of aryl methyl sites for hydroxylation is 1. The van der Waals surface area contributed by atoms with Crippen LogP contribution >= 0.6 is 11.6 Å². The van der Waals surface area contributed by atoms with Gasteiger partial charge in [-0.3, -0.25) is 9.59 Å². The van der Waals surface area contributed by atoms with E-state index in [4.69, 9.17) is 16.7 Å². The number of carbonyl (C=O) groups is 2. The molecule has 1 saturated heterocycles. The van der Waals surface area contributed by atoms with Crippen LogP contribution in [-0.2, 0) is 4.79 Å². The summed E-state index contributed by atoms with van der Waals surface area (Å²) in [6.45, 7) is 3.27. The number of likely N-dealkylation sites (tertiary alicyclic amines) is 1. The standard InChI is InChI=1S/C16H20ClNO3/c1-11-4-6-13(17)9-14(11)16(21)18-8-2-3-12(10-18)5-7-15(19)20/h4,6,9,12H,2-3,5,7-8,10H2,1H3,(H,19,20). The maximum atomic E-state index is 12.6. The Morgan fingerprint density at radius 2 is 2.19 bits per heavy atom. The number of aliphatic carboxylic acids is 1. The number of nitrogens with zero attached hydrogens (tertiary/aromatic N) is 1. The van der Waals surface area contributed by atoms with Gasteiger partial charge in [-0.15, -0.1) is 0 Å². The van der Waals surface area contributed by atoms with Gasteiger partial charge in [-0.2, -0.15) is 0 Å². The molecule has 2 rings (SSSR count). The minimum atomic E-state index is -0.774. The molecule has 1 amide bonds. The topological polar surface area (TPSA) is 57.6 Å². The van der Waals surface area contributed by atoms with Crippen molar-refractivity contribution in [3.05, 3.63) is 34.3 Å². The maximum absolute atomic E-state index is 12.6. The molecule has 0 saturated carbocycles. The minimum Gasteiger partial charge on any atom is -0.481 e. The van der Waals surface area contributed by atoms with Crippen LogP contribution in [0, 0.1) is 12.8 Å². The van der Waals surface area contributed by atoms with Crippen LogP contribution in [0.25, 0.3) is 0 Å². The van der Waals surface area contributed by atoms with Crippen LogP contribution < -0.4 is 0 Å². The highest BCUT2D eigenvalue weighted by Crippen LogP contribution is 2.24. The predicted molar refractivity (Wildman–Crippen MR) is 81.7 cm³/mol. The number of rotatable bonds is 4. The Kier molecular flexibility index (Phi) is 5.23. The molecule has 1 aromatic rings. The smallest absolute Gasteiger partial charge is 0.303 e. The molecule has 1 atom stereocenters. The van der Waals surface area contributed by atoms with Crippen LogP contribution in [0.5, 0.6) is 0 Å². The van der Waals surface area contributed by atoms with E-state index >= 15 is 0 Å². The number of hydrogen-bond donors (Lipinski definition) is 1. The molecule has 21 heavy (non-hydrogen) atoms. The molecule has 5 heteroatoms. The fraction of sp³-hybridized carbons (Fsp3) is 0.500. The number of carboxylic acid groups (broad SMARTS) is 1. The van der Waals surface area contributed by atoms with Crippen molar-refractivity contribution in [1.29, 1.82) is 0 Å². The first kappa shape index (κ1) is 15.8. The highest BCUT2D eigenvalue weighted by atomic mass is 35.5. The lowest BCUT2D eigenvalue weighted by Gasteiger charge is -2.33. The van der Waals surface area contributed by atoms with Gasteiger partial charge >= 0.3 is 5.97 Å². The van der Waals surface area contributed by atoms with Gasteiger partial charge in [0, 0.05) is 30.1 Å². The molecule has 1 aliphatic heterocycles. The van der Waals surface area contributed by atoms with E-state index in [0.717, 1.165) is 24.9 Å². The zero-order chi connectivity index (χ0) is 15.4. The Bertz CT molecular complexity index is 544. The molecule has 1 N–H and O–H groups in total. The van der Waals surface area contributed by atoms with Gasteiger partial charge in [0.1, 0.15) is 0 Å². The third-order valence-corrected chi connectivity index (χ3v) is 4.24. The number of hydrogen-bond acceptors (Lipinski definition) is 2. The summed E-state index contributed by atoms with van der Waals surface area (Å²) < 4.78 is 0. The molecule has 0 bridgehead atoms. The van der Waals surface area contributed by atoms with Crippen LogP contribution in [0.3, 0.4) is 0 Å². The van der Waals surface area contributed by atoms with Crippen molar-refractivity contribution < 1.29 is 14.7 Å². The largest absolute Gasteiger partial charge is 0.481 e. The quantitative estimate of drug-likeness (QED) is 0.927. The number of benzene rings is 1. The van der Waals surface area contributed by atoms with Crippen molar-refractivity contribution in [2.24, 2.45) is 5.92 Å². The van der Waals surface area contributed by atoms with Crippen molar-refractivity contribution in [2.75, 3.05) is 13.1 Å². The molecule has 0 aliphatic carbocycles. The van der Waals surface area contributed by atoms with Crippen LogP contribution in [-0.4, -0.2) is 35.0 Å². The Balaban J connectivity index is 2.05. The van der Waals surface area contributed by atoms with Crippen molar-refractivity contribution in [3.8, 4) is 0 Å². The van der Waals surface area contributed by atoms with Crippen LogP contribution in [0.15, 0.2) is 18.2 Å². The number of carboxylic acids is 1. The second-order valence-corrected chi connectivity index (χ2v) is 6.09. The van der Waals surface area contributed by atoms with Gasteiger partial charge in [-0.1, -0.05) is 17.7 Å². The van der Waals surface area contributed by atoms with Crippen molar-refractivity contribution in [3.63, 3.8) is 0 Å². The average molecular weight is 310 g/mol. The van der Waals surface area contributed by atoms with E-state index in [9.17, 15) is 9.59 Å². The molecule has 1 heterocycles. The molecule has 1 unspecified atom stereocenters. The average Bonchev–Trinajstić information content (AvgIpc) is 2.47. The summed E-state index contributed by atoms with van der Waals surface area (Å²) in [6.07, 6.45) is 2.72. The molecule has 0 spiro atoms. The van der Waals surface area contributed by atoms with E-state index in [-0.39, 0.29) is 18.2 Å². The lowest BCUT2D eigenvalue weighted by Crippen LogP contribution is -2.40. The molecule has 1 fully saturated rings. The van der Waals surface area contributed by atoms with Gasteiger partial charge in [-0.25, -0.2) is 0 Å². The summed E-state index contributed by atoms with van der Waals surface area (Å²) >= 11 is 5.98. The monoisotopic (exact) mass is 309 g/mol. The first-order chi connectivity index (χ1) is 9.97. The lowest BCUT2D eigenvalue weighted by atomic mass is 9.92. The second kappa shape index (κ2) is 6.94. The highest BCUT2D eigenvalue weighted by Gasteiger charge is 2.25. The van der Waals surface area contributed by atoms with E-state index in [2.05, 4.69) is 0 Å². The lowest BCUT2D eigenvalue weighted by molar-refractivity contribution is -0.137. The number of halogens is 1. The summed E-state index contributed by atoms with van der Waals surface area (Å²) in [5.74, 6) is -0.502. The third kappa shape index (κ3) is 4.21. The molecule has 1 aromatic carbocycles. The van der Waals surface area contributed by atoms with Crippen LogP contribution in [0.4, 0.5) is 0 Å². The Labute approximate surface area is 129 Å². The molecular formula is C16H20ClNO3. The highest BCUT2D eigenvalue weighted by molar-refractivity contribution is 6.31. The van der Waals surface area contributed by atoms with E-state index in [0.29, 0.717) is 23.6 Å². The van der Waals surface area contributed by atoms with Gasteiger partial charge in [0.15, 0.2) is 0 Å². The fourth-order valence-electron chi connectivity index (χ4n) is 2.81. The van der Waals surface area contributed by atoms with E-state index in [1.807, 2.05) is 17.9 Å². The summed E-state index contributed by atoms with van der Waals surface area (Å²) in [7, 11) is 0. The van der Waals surface area contributed by atoms with Crippen molar-refractivity contribution in [1.82, 2.24) is 4.90 Å². The van der Waals surface area contributed by atoms with Crippen LogP contribution in [0.1, 0.15) is 41.6 Å². The Morgan fingerprint density at radius 3 is 2.90 bits per heavy atom. The van der Waals surface area contributed by atoms with Crippen molar-refractivity contribution in [2.45, 2.75) is 32.6 Å². The molecule has 1 aliphatic rings. The Hall–Kier alpha value is -1.55. The maximum Gasteiger partial charge on any atom is 0.303 e. The molecule has 0 radical (unpaired) electrons. The predicted octanol–water partition coefficient (Wildman–Crippen LogP) is 3.37. The van der Waals surface area contributed by atoms with E-state index in [1.54, 1.807) is 12.1 Å². The number of amides is 1. The summed E-state index contributed by atoms with van der Waals surface area (Å²) in [6, 6.07) is 5.33. The summed E-state index contributed by atoms with van der Waals surface area (Å²) in [4.78, 5) is 25.1. The van der Waals surface area contributed by atoms with Gasteiger partial charge in [0.25, 0.3) is 5.91 Å². The fourth-order valence-corrected chi connectivity index (χ4v) is 2.98. The second-order valence-electron chi connectivity index (χ2n) is 5.65. The number of piperidine rings is 1. The minimum absolute atomic E-state index is 0.00461. The van der Waals surface area contributed by atoms with E-state index < -0.39 is 5.97 Å². The first-order valence-corrected chi connectivity index (χ1v) is 7.62. The van der Waals surface area contributed by atoms with E-state index in [1.165, 1.54) is 0 Å². The van der Waals surface area contributed by atoms with Gasteiger partial charge < -0.3 is 10.0 Å². The summed E-state index contributed by atoms with van der Waals surface area (Å²) in [5, 5.41) is 9.33. The van der Waals surface area contributed by atoms with Crippen LogP contribution in [0.2, 0.25) is 5.02 Å². The Morgan fingerprint density at radius 1 is 1.43 bits per heavy atom.